The molecular weight excluding hydrogens is 433 g/mol. The van der Waals surface area contributed by atoms with Crippen LogP contribution in [0.1, 0.15) is 5.82 Å². The zero-order valence-electron chi connectivity index (χ0n) is 16.9. The molecule has 4 aromatic rings. The first-order valence-electron chi connectivity index (χ1n) is 10.0. The van der Waals surface area contributed by atoms with Crippen molar-refractivity contribution in [3.63, 3.8) is 0 Å². The number of rotatable bonds is 3. The van der Waals surface area contributed by atoms with Gasteiger partial charge in [0.05, 0.1) is 27.1 Å². The maximum absolute atomic E-state index is 6.71. The van der Waals surface area contributed by atoms with Gasteiger partial charge in [-0.2, -0.15) is 0 Å². The van der Waals surface area contributed by atoms with Gasteiger partial charge in [0.1, 0.15) is 17.2 Å². The molecule has 0 unspecified atom stereocenters. The number of benzene rings is 1. The first-order chi connectivity index (χ1) is 15.0. The number of piperazine rings is 1. The lowest BCUT2D eigenvalue weighted by atomic mass is 10.1. The van der Waals surface area contributed by atoms with Crippen LogP contribution >= 0.6 is 23.2 Å². The highest BCUT2D eigenvalue weighted by molar-refractivity contribution is 6.39. The van der Waals surface area contributed by atoms with Crippen LogP contribution in [0, 0.1) is 6.92 Å². The second-order valence-electron chi connectivity index (χ2n) is 7.50. The molecule has 0 spiro atoms. The number of hydrogen-bond acceptors (Lipinski definition) is 6. The van der Waals surface area contributed by atoms with E-state index in [9.17, 15) is 0 Å². The Balaban J connectivity index is 1.63. The maximum Gasteiger partial charge on any atom is 0.165 e. The Labute approximate surface area is 189 Å². The summed E-state index contributed by atoms with van der Waals surface area (Å²) in [7, 11) is 0. The fraction of sp³-hybridized carbons (Fsp3) is 0.227. The van der Waals surface area contributed by atoms with E-state index in [2.05, 4.69) is 20.2 Å². The Morgan fingerprint density at radius 2 is 1.74 bits per heavy atom. The molecule has 0 amide bonds. The van der Waals surface area contributed by atoms with Crippen LogP contribution < -0.4 is 16.0 Å². The highest BCUT2D eigenvalue weighted by Crippen LogP contribution is 2.37. The van der Waals surface area contributed by atoms with Gasteiger partial charge in [0.15, 0.2) is 5.65 Å². The summed E-state index contributed by atoms with van der Waals surface area (Å²) in [5.74, 6) is 1.25. The number of nitrogen functional groups attached to an aromatic ring is 1. The number of halogens is 2. The molecule has 1 saturated heterocycles. The molecule has 4 heterocycles. The highest BCUT2D eigenvalue weighted by Gasteiger charge is 2.20. The lowest BCUT2D eigenvalue weighted by molar-refractivity contribution is 0.589. The Bertz CT molecular complexity index is 1260. The van der Waals surface area contributed by atoms with E-state index in [0.717, 1.165) is 65.8 Å². The Kier molecular flexibility index (Phi) is 5.17. The summed E-state index contributed by atoms with van der Waals surface area (Å²) in [6.45, 7) is 5.49. The molecule has 3 aromatic heterocycles. The molecule has 0 atom stereocenters. The number of fused-ring (bicyclic) bond motifs is 1. The van der Waals surface area contributed by atoms with Crippen LogP contribution in [0.3, 0.4) is 0 Å². The van der Waals surface area contributed by atoms with E-state index >= 15 is 0 Å². The molecule has 158 valence electrons. The van der Waals surface area contributed by atoms with Crippen LogP contribution in [0.5, 0.6) is 0 Å². The molecule has 5 rings (SSSR count). The minimum atomic E-state index is 0.450. The smallest absolute Gasteiger partial charge is 0.165 e. The molecule has 7 nitrogen and oxygen atoms in total. The zero-order valence-corrected chi connectivity index (χ0v) is 18.5. The topological polar surface area (TPSA) is 84.9 Å². The molecule has 3 N–H and O–H groups in total. The minimum Gasteiger partial charge on any atom is -0.384 e. The Morgan fingerprint density at radius 3 is 2.45 bits per heavy atom. The third-order valence-corrected chi connectivity index (χ3v) is 6.02. The van der Waals surface area contributed by atoms with Crippen LogP contribution in [0.25, 0.3) is 28.1 Å². The monoisotopic (exact) mass is 453 g/mol. The van der Waals surface area contributed by atoms with Gasteiger partial charge in [0.25, 0.3) is 0 Å². The number of anilines is 2. The summed E-state index contributed by atoms with van der Waals surface area (Å²) in [5, 5.41) is 4.58. The average molecular weight is 454 g/mol. The van der Waals surface area contributed by atoms with Gasteiger partial charge in [-0.3, -0.25) is 4.57 Å². The molecule has 31 heavy (non-hydrogen) atoms. The second kappa shape index (κ2) is 8.00. The van der Waals surface area contributed by atoms with Crippen LogP contribution in [0.2, 0.25) is 10.0 Å². The van der Waals surface area contributed by atoms with Gasteiger partial charge in [0, 0.05) is 37.9 Å². The first kappa shape index (κ1) is 20.1. The SMILES string of the molecule is Cc1nc2ccc(-c3ccnc(N)c3)nc2n1-c1cc(Cl)c(N2CCNCC2)c(Cl)c1. The normalized spacial score (nSPS) is 14.4. The third kappa shape index (κ3) is 3.69. The van der Waals surface area contributed by atoms with E-state index in [-0.39, 0.29) is 0 Å². The lowest BCUT2D eigenvalue weighted by Crippen LogP contribution is -2.43. The number of nitrogens with two attached hydrogens (primary N) is 1. The van der Waals surface area contributed by atoms with Gasteiger partial charge in [0.2, 0.25) is 0 Å². The number of hydrogen-bond donors (Lipinski definition) is 2. The average Bonchev–Trinajstić information content (AvgIpc) is 3.09. The van der Waals surface area contributed by atoms with Crippen LogP contribution in [0.15, 0.2) is 42.6 Å². The van der Waals surface area contributed by atoms with E-state index in [4.69, 9.17) is 33.9 Å². The number of aromatic nitrogens is 4. The van der Waals surface area contributed by atoms with Gasteiger partial charge < -0.3 is 16.0 Å². The number of imidazole rings is 1. The third-order valence-electron chi connectivity index (χ3n) is 5.44. The van der Waals surface area contributed by atoms with Gasteiger partial charge >= 0.3 is 0 Å². The van der Waals surface area contributed by atoms with Crippen molar-refractivity contribution in [2.45, 2.75) is 6.92 Å². The number of nitrogens with zero attached hydrogens (tertiary/aromatic N) is 5. The summed E-state index contributed by atoms with van der Waals surface area (Å²) in [6, 6.07) is 11.4. The van der Waals surface area contributed by atoms with Gasteiger partial charge in [-0.1, -0.05) is 23.2 Å². The molecule has 1 aliphatic rings. The van der Waals surface area contributed by atoms with Crippen molar-refractivity contribution < 1.29 is 0 Å². The molecule has 1 aromatic carbocycles. The molecule has 0 radical (unpaired) electrons. The van der Waals surface area contributed by atoms with Crippen LogP contribution in [0.4, 0.5) is 11.5 Å². The fourth-order valence-electron chi connectivity index (χ4n) is 4.02. The minimum absolute atomic E-state index is 0.450. The lowest BCUT2D eigenvalue weighted by Gasteiger charge is -2.31. The standard InChI is InChI=1S/C22H21Cl2N7/c1-13-28-19-3-2-18(14-4-5-27-20(25)10-14)29-22(19)31(13)15-11-16(23)21(17(24)12-15)30-8-6-26-7-9-30/h2-5,10-12,26H,6-9H2,1H3,(H2,25,27). The van der Waals surface area contributed by atoms with E-state index in [1.807, 2.05) is 41.8 Å². The predicted molar refractivity (Wildman–Crippen MR) is 126 cm³/mol. The largest absolute Gasteiger partial charge is 0.384 e. The van der Waals surface area contributed by atoms with Crippen molar-refractivity contribution in [3.8, 4) is 16.9 Å². The van der Waals surface area contributed by atoms with Gasteiger partial charge in [-0.25, -0.2) is 15.0 Å². The summed E-state index contributed by atoms with van der Waals surface area (Å²) in [5.41, 5.74) is 10.8. The maximum atomic E-state index is 6.71. The summed E-state index contributed by atoms with van der Waals surface area (Å²) in [6.07, 6.45) is 1.67. The van der Waals surface area contributed by atoms with E-state index in [0.29, 0.717) is 15.9 Å². The van der Waals surface area contributed by atoms with Crippen LogP contribution in [-0.2, 0) is 0 Å². The Morgan fingerprint density at radius 1 is 1.00 bits per heavy atom. The fourth-order valence-corrected chi connectivity index (χ4v) is 4.73. The summed E-state index contributed by atoms with van der Waals surface area (Å²) >= 11 is 13.4. The molecular formula is C22H21Cl2N7. The quantitative estimate of drug-likeness (QED) is 0.485. The number of aryl methyl sites for hydroxylation is 1. The molecule has 0 saturated carbocycles. The van der Waals surface area contributed by atoms with Crippen LogP contribution in [-0.4, -0.2) is 45.7 Å². The molecule has 9 heteroatoms. The van der Waals surface area contributed by atoms with Crippen molar-refractivity contribution in [3.05, 3.63) is 58.5 Å². The number of pyridine rings is 2. The summed E-state index contributed by atoms with van der Waals surface area (Å²) in [4.78, 5) is 15.8. The first-order valence-corrected chi connectivity index (χ1v) is 10.8. The van der Waals surface area contributed by atoms with Crippen molar-refractivity contribution in [1.29, 1.82) is 0 Å². The van der Waals surface area contributed by atoms with Crippen molar-refractivity contribution in [2.24, 2.45) is 0 Å². The number of nitrogens with one attached hydrogen (secondary N) is 1. The van der Waals surface area contributed by atoms with Gasteiger partial charge in [-0.15, -0.1) is 0 Å². The van der Waals surface area contributed by atoms with Crippen molar-refractivity contribution in [1.82, 2.24) is 24.8 Å². The predicted octanol–water partition coefficient (Wildman–Crippen LogP) is 4.09. The molecule has 0 aliphatic carbocycles. The molecule has 0 bridgehead atoms. The second-order valence-corrected chi connectivity index (χ2v) is 8.31. The van der Waals surface area contributed by atoms with Crippen molar-refractivity contribution >= 4 is 45.9 Å². The van der Waals surface area contributed by atoms with Gasteiger partial charge in [-0.05, 0) is 43.3 Å². The van der Waals surface area contributed by atoms with E-state index in [1.54, 1.807) is 12.3 Å². The molecule has 1 aliphatic heterocycles. The Hall–Kier alpha value is -2.87. The van der Waals surface area contributed by atoms with E-state index in [1.165, 1.54) is 0 Å². The highest BCUT2D eigenvalue weighted by atomic mass is 35.5. The van der Waals surface area contributed by atoms with Crippen molar-refractivity contribution in [2.75, 3.05) is 36.8 Å². The summed E-state index contributed by atoms with van der Waals surface area (Å²) < 4.78 is 1.97. The zero-order chi connectivity index (χ0) is 21.5. The molecule has 1 fully saturated rings. The van der Waals surface area contributed by atoms with E-state index < -0.39 is 0 Å².